The Bertz CT molecular complexity index is 715. The van der Waals surface area contributed by atoms with E-state index in [1.807, 2.05) is 32.0 Å². The van der Waals surface area contributed by atoms with Crippen LogP contribution in [0.4, 0.5) is 5.69 Å². The highest BCUT2D eigenvalue weighted by atomic mass is 16.4. The van der Waals surface area contributed by atoms with Gasteiger partial charge in [-0.05, 0) is 43.9 Å². The summed E-state index contributed by atoms with van der Waals surface area (Å²) in [6, 6.07) is 5.48. The molecule has 1 aromatic carbocycles. The normalized spacial score (nSPS) is 26.1. The molecule has 3 atom stereocenters. The summed E-state index contributed by atoms with van der Waals surface area (Å²) in [5.41, 5.74) is 3.00. The van der Waals surface area contributed by atoms with Gasteiger partial charge in [0, 0.05) is 24.7 Å². The fourth-order valence-corrected chi connectivity index (χ4v) is 3.87. The minimum absolute atomic E-state index is 0.0601. The first-order chi connectivity index (χ1) is 11.9. The molecule has 1 heterocycles. The second-order valence-corrected chi connectivity index (χ2v) is 7.12. The summed E-state index contributed by atoms with van der Waals surface area (Å²) in [6.45, 7) is 4.32. The summed E-state index contributed by atoms with van der Waals surface area (Å²) in [7, 11) is 0. The van der Waals surface area contributed by atoms with Crippen molar-refractivity contribution < 1.29 is 19.5 Å². The van der Waals surface area contributed by atoms with Gasteiger partial charge in [-0.15, -0.1) is 0 Å². The molecule has 1 saturated heterocycles. The van der Waals surface area contributed by atoms with Gasteiger partial charge < -0.3 is 15.3 Å². The summed E-state index contributed by atoms with van der Waals surface area (Å²) >= 11 is 0. The van der Waals surface area contributed by atoms with E-state index in [2.05, 4.69) is 5.32 Å². The molecule has 0 bridgehead atoms. The number of hydrogen-bond donors (Lipinski definition) is 2. The molecular formula is C19H24N2O4. The van der Waals surface area contributed by atoms with Crippen LogP contribution in [0.5, 0.6) is 0 Å². The topological polar surface area (TPSA) is 86.7 Å². The number of anilines is 1. The van der Waals surface area contributed by atoms with Gasteiger partial charge in [0.1, 0.15) is 0 Å². The molecule has 2 fully saturated rings. The molecule has 2 aliphatic rings. The van der Waals surface area contributed by atoms with Gasteiger partial charge in [-0.3, -0.25) is 14.4 Å². The zero-order valence-electron chi connectivity index (χ0n) is 14.6. The van der Waals surface area contributed by atoms with Crippen LogP contribution in [0.3, 0.4) is 0 Å². The van der Waals surface area contributed by atoms with Crippen LogP contribution >= 0.6 is 0 Å². The van der Waals surface area contributed by atoms with Gasteiger partial charge in [-0.1, -0.05) is 18.6 Å². The van der Waals surface area contributed by atoms with E-state index in [9.17, 15) is 19.5 Å². The van der Waals surface area contributed by atoms with Crippen molar-refractivity contribution in [1.82, 2.24) is 5.32 Å². The Morgan fingerprint density at radius 2 is 2.00 bits per heavy atom. The third-order valence-corrected chi connectivity index (χ3v) is 5.52. The van der Waals surface area contributed by atoms with Crippen LogP contribution in [0.15, 0.2) is 18.2 Å². The molecule has 1 aliphatic carbocycles. The number of carboxylic acids is 1. The molecule has 1 saturated carbocycles. The molecule has 1 aromatic rings. The first-order valence-electron chi connectivity index (χ1n) is 8.78. The van der Waals surface area contributed by atoms with E-state index >= 15 is 0 Å². The van der Waals surface area contributed by atoms with Crippen LogP contribution in [0, 0.1) is 25.7 Å². The maximum absolute atomic E-state index is 12.6. The Kier molecular flexibility index (Phi) is 4.79. The number of benzene rings is 1. The van der Waals surface area contributed by atoms with Crippen molar-refractivity contribution in [1.29, 1.82) is 0 Å². The van der Waals surface area contributed by atoms with Crippen LogP contribution in [-0.4, -0.2) is 35.5 Å². The van der Waals surface area contributed by atoms with Gasteiger partial charge in [-0.2, -0.15) is 0 Å². The van der Waals surface area contributed by atoms with E-state index in [-0.39, 0.29) is 24.3 Å². The maximum Gasteiger partial charge on any atom is 0.308 e. The van der Waals surface area contributed by atoms with E-state index in [0.29, 0.717) is 19.4 Å². The Labute approximate surface area is 147 Å². The standard InChI is InChI=1S/C19H24N2O4/c1-11-5-3-8-16(12(11)2)21-10-13(9-17(21)22)18(23)20-15-7-4-6-14(15)19(24)25/h3,5,8,13-15H,4,6-7,9-10H2,1-2H3,(H,20,23)(H,24,25)/t13?,14-,15+/m0/s1. The van der Waals surface area contributed by atoms with Crippen molar-refractivity contribution in [2.24, 2.45) is 11.8 Å². The van der Waals surface area contributed by atoms with Gasteiger partial charge in [-0.25, -0.2) is 0 Å². The molecule has 1 aliphatic heterocycles. The van der Waals surface area contributed by atoms with Crippen molar-refractivity contribution >= 4 is 23.5 Å². The van der Waals surface area contributed by atoms with E-state index in [0.717, 1.165) is 23.2 Å². The Hall–Kier alpha value is -2.37. The SMILES string of the molecule is Cc1cccc(N2CC(C(=O)N[C@@H]3CCC[C@@H]3C(=O)O)CC2=O)c1C. The lowest BCUT2D eigenvalue weighted by Gasteiger charge is -2.22. The molecule has 3 rings (SSSR count). The summed E-state index contributed by atoms with van der Waals surface area (Å²) in [6.07, 6.45) is 2.26. The first-order valence-corrected chi connectivity index (χ1v) is 8.78. The fourth-order valence-electron chi connectivity index (χ4n) is 3.87. The Morgan fingerprint density at radius 3 is 2.72 bits per heavy atom. The number of carboxylic acid groups (broad SMARTS) is 1. The first kappa shape index (κ1) is 17.5. The van der Waals surface area contributed by atoms with Crippen LogP contribution in [-0.2, 0) is 14.4 Å². The average molecular weight is 344 g/mol. The van der Waals surface area contributed by atoms with Crippen molar-refractivity contribution in [2.45, 2.75) is 45.6 Å². The second-order valence-electron chi connectivity index (χ2n) is 7.12. The zero-order chi connectivity index (χ0) is 18.1. The maximum atomic E-state index is 12.6. The number of aliphatic carboxylic acids is 1. The number of hydrogen-bond acceptors (Lipinski definition) is 3. The van der Waals surface area contributed by atoms with Crippen molar-refractivity contribution in [3.63, 3.8) is 0 Å². The van der Waals surface area contributed by atoms with Gasteiger partial charge >= 0.3 is 5.97 Å². The third kappa shape index (κ3) is 3.38. The molecular weight excluding hydrogens is 320 g/mol. The Morgan fingerprint density at radius 1 is 1.24 bits per heavy atom. The number of rotatable bonds is 4. The van der Waals surface area contributed by atoms with E-state index in [1.165, 1.54) is 0 Å². The number of nitrogens with one attached hydrogen (secondary N) is 1. The molecule has 0 aromatic heterocycles. The highest BCUT2D eigenvalue weighted by Gasteiger charge is 2.39. The molecule has 0 radical (unpaired) electrons. The summed E-state index contributed by atoms with van der Waals surface area (Å²) in [5.74, 6) is -2.07. The molecule has 0 spiro atoms. The van der Waals surface area contributed by atoms with Crippen molar-refractivity contribution in [3.8, 4) is 0 Å². The van der Waals surface area contributed by atoms with Gasteiger partial charge in [0.15, 0.2) is 0 Å². The summed E-state index contributed by atoms with van der Waals surface area (Å²) in [4.78, 5) is 37.9. The predicted molar refractivity (Wildman–Crippen MR) is 93.3 cm³/mol. The zero-order valence-corrected chi connectivity index (χ0v) is 14.6. The van der Waals surface area contributed by atoms with E-state index < -0.39 is 17.8 Å². The molecule has 2 amide bonds. The van der Waals surface area contributed by atoms with Crippen LogP contribution in [0.25, 0.3) is 0 Å². The summed E-state index contributed by atoms with van der Waals surface area (Å²) in [5, 5.41) is 12.1. The number of nitrogens with zero attached hydrogens (tertiary/aromatic N) is 1. The van der Waals surface area contributed by atoms with Crippen LogP contribution < -0.4 is 10.2 Å². The van der Waals surface area contributed by atoms with Gasteiger partial charge in [0.2, 0.25) is 11.8 Å². The minimum atomic E-state index is -0.859. The van der Waals surface area contributed by atoms with Crippen LogP contribution in [0.2, 0.25) is 0 Å². The monoisotopic (exact) mass is 344 g/mol. The van der Waals surface area contributed by atoms with E-state index in [4.69, 9.17) is 0 Å². The van der Waals surface area contributed by atoms with Crippen molar-refractivity contribution in [3.05, 3.63) is 29.3 Å². The smallest absolute Gasteiger partial charge is 0.308 e. The molecule has 2 N–H and O–H groups in total. The average Bonchev–Trinajstić information content (AvgIpc) is 3.17. The highest BCUT2D eigenvalue weighted by Crippen LogP contribution is 2.31. The molecule has 25 heavy (non-hydrogen) atoms. The third-order valence-electron chi connectivity index (χ3n) is 5.52. The van der Waals surface area contributed by atoms with Crippen LogP contribution in [0.1, 0.15) is 36.8 Å². The lowest BCUT2D eigenvalue weighted by molar-refractivity contribution is -0.142. The number of aryl methyl sites for hydroxylation is 1. The highest BCUT2D eigenvalue weighted by molar-refractivity contribution is 6.01. The lowest BCUT2D eigenvalue weighted by atomic mass is 10.0. The Balaban J connectivity index is 1.69. The molecule has 134 valence electrons. The number of amides is 2. The minimum Gasteiger partial charge on any atom is -0.481 e. The lowest BCUT2D eigenvalue weighted by Crippen LogP contribution is -2.43. The molecule has 6 nitrogen and oxygen atoms in total. The van der Waals surface area contributed by atoms with Crippen molar-refractivity contribution in [2.75, 3.05) is 11.4 Å². The molecule has 1 unspecified atom stereocenters. The van der Waals surface area contributed by atoms with Gasteiger partial charge in [0.05, 0.1) is 11.8 Å². The largest absolute Gasteiger partial charge is 0.481 e. The number of carbonyl (C=O) groups excluding carboxylic acids is 2. The quantitative estimate of drug-likeness (QED) is 0.875. The molecule has 6 heteroatoms. The van der Waals surface area contributed by atoms with Gasteiger partial charge in [0.25, 0.3) is 0 Å². The number of carbonyl (C=O) groups is 3. The summed E-state index contributed by atoms with van der Waals surface area (Å²) < 4.78 is 0. The fraction of sp³-hybridized carbons (Fsp3) is 0.526. The predicted octanol–water partition coefficient (Wildman–Crippen LogP) is 2.03. The van der Waals surface area contributed by atoms with E-state index in [1.54, 1.807) is 4.90 Å². The second kappa shape index (κ2) is 6.86.